The van der Waals surface area contributed by atoms with Crippen molar-refractivity contribution in [1.29, 1.82) is 0 Å². The number of rotatable bonds is 7. The molecule has 3 aromatic rings. The predicted octanol–water partition coefficient (Wildman–Crippen LogP) is 4.18. The van der Waals surface area contributed by atoms with Gasteiger partial charge in [0.15, 0.2) is 5.96 Å². The number of ether oxygens (including phenoxy) is 2. The Balaban J connectivity index is 0.00000306. The van der Waals surface area contributed by atoms with Crippen LogP contribution in [-0.2, 0) is 6.42 Å². The number of para-hydroxylation sites is 1. The molecule has 0 unspecified atom stereocenters. The summed E-state index contributed by atoms with van der Waals surface area (Å²) in [7, 11) is 5.20. The van der Waals surface area contributed by atoms with E-state index in [1.54, 1.807) is 14.2 Å². The Bertz CT molecular complexity index is 1040. The van der Waals surface area contributed by atoms with E-state index < -0.39 is 0 Å². The number of aromatic amines is 1. The fourth-order valence-corrected chi connectivity index (χ4v) is 4.30. The zero-order valence-electron chi connectivity index (χ0n) is 19.6. The number of H-pyrrole nitrogens is 1. The number of nitrogens with zero attached hydrogens (tertiary/aromatic N) is 2. The smallest absolute Gasteiger partial charge is 0.191 e. The monoisotopic (exact) mass is 563 g/mol. The number of hydrogen-bond donors (Lipinski definition) is 3. The van der Waals surface area contributed by atoms with Crippen molar-refractivity contribution in [3.05, 3.63) is 54.2 Å². The van der Waals surface area contributed by atoms with E-state index >= 15 is 0 Å². The minimum atomic E-state index is 0. The lowest BCUT2D eigenvalue weighted by atomic mass is 10.0. The van der Waals surface area contributed by atoms with E-state index in [-0.39, 0.29) is 24.0 Å². The van der Waals surface area contributed by atoms with Gasteiger partial charge < -0.3 is 30.0 Å². The standard InChI is InChI=1S/C25H33N5O2.HI/c1-26-25(27-11-8-18-17-28-24-7-5-4-6-23(18)24)29-19-9-12-30(13-10-19)20-14-21(31-2)16-22(15-20)32-3;/h4-7,14-17,19,28H,8-13H2,1-3H3,(H2,26,27,29);1H. The Labute approximate surface area is 213 Å². The summed E-state index contributed by atoms with van der Waals surface area (Å²) < 4.78 is 10.8. The van der Waals surface area contributed by atoms with Crippen LogP contribution in [0.4, 0.5) is 5.69 Å². The number of fused-ring (bicyclic) bond motifs is 1. The van der Waals surface area contributed by atoms with Crippen LogP contribution in [0.3, 0.4) is 0 Å². The molecule has 0 aliphatic carbocycles. The summed E-state index contributed by atoms with van der Waals surface area (Å²) in [5, 5.41) is 8.36. The van der Waals surface area contributed by atoms with Crippen LogP contribution in [0.25, 0.3) is 10.9 Å². The fourth-order valence-electron chi connectivity index (χ4n) is 4.30. The van der Waals surface area contributed by atoms with E-state index in [1.165, 1.54) is 16.5 Å². The van der Waals surface area contributed by atoms with Crippen molar-refractivity contribution in [3.8, 4) is 11.5 Å². The van der Waals surface area contributed by atoms with Crippen molar-refractivity contribution < 1.29 is 9.47 Å². The minimum absolute atomic E-state index is 0. The van der Waals surface area contributed by atoms with Gasteiger partial charge in [0.25, 0.3) is 0 Å². The van der Waals surface area contributed by atoms with Crippen molar-refractivity contribution in [2.24, 2.45) is 4.99 Å². The van der Waals surface area contributed by atoms with E-state index in [2.05, 4.69) is 68.1 Å². The summed E-state index contributed by atoms with van der Waals surface area (Å²) in [5.41, 5.74) is 3.65. The zero-order valence-corrected chi connectivity index (χ0v) is 21.9. The van der Waals surface area contributed by atoms with Crippen LogP contribution in [-0.4, -0.2) is 57.9 Å². The van der Waals surface area contributed by atoms with Gasteiger partial charge in [-0.15, -0.1) is 24.0 Å². The van der Waals surface area contributed by atoms with Gasteiger partial charge in [-0.2, -0.15) is 0 Å². The maximum Gasteiger partial charge on any atom is 0.191 e. The highest BCUT2D eigenvalue weighted by Crippen LogP contribution is 2.30. The summed E-state index contributed by atoms with van der Waals surface area (Å²) in [5.74, 6) is 2.50. The number of hydrogen-bond acceptors (Lipinski definition) is 4. The van der Waals surface area contributed by atoms with Crippen LogP contribution in [0.5, 0.6) is 11.5 Å². The Morgan fingerprint density at radius 2 is 1.79 bits per heavy atom. The van der Waals surface area contributed by atoms with Crippen LogP contribution in [0, 0.1) is 0 Å². The molecular formula is C25H34IN5O2. The summed E-state index contributed by atoms with van der Waals surface area (Å²) in [4.78, 5) is 10.2. The molecule has 1 aromatic heterocycles. The van der Waals surface area contributed by atoms with E-state index in [0.29, 0.717) is 6.04 Å². The van der Waals surface area contributed by atoms with Gasteiger partial charge >= 0.3 is 0 Å². The molecule has 3 N–H and O–H groups in total. The molecule has 0 spiro atoms. The second kappa shape index (κ2) is 12.0. The molecule has 33 heavy (non-hydrogen) atoms. The maximum atomic E-state index is 5.42. The molecule has 0 amide bonds. The Morgan fingerprint density at radius 3 is 2.45 bits per heavy atom. The molecule has 1 saturated heterocycles. The Morgan fingerprint density at radius 1 is 1.09 bits per heavy atom. The first kappa shape index (κ1) is 25.0. The molecule has 178 valence electrons. The normalized spacial score (nSPS) is 14.6. The first-order valence-corrected chi connectivity index (χ1v) is 11.2. The second-order valence-corrected chi connectivity index (χ2v) is 8.09. The number of nitrogens with one attached hydrogen (secondary N) is 3. The summed E-state index contributed by atoms with van der Waals surface area (Å²) in [6, 6.07) is 14.9. The number of methoxy groups -OCH3 is 2. The third-order valence-corrected chi connectivity index (χ3v) is 6.12. The van der Waals surface area contributed by atoms with Gasteiger partial charge in [0.05, 0.1) is 14.2 Å². The molecule has 0 atom stereocenters. The van der Waals surface area contributed by atoms with Gasteiger partial charge in [-0.3, -0.25) is 4.99 Å². The molecule has 0 radical (unpaired) electrons. The number of benzene rings is 2. The topological polar surface area (TPSA) is 73.9 Å². The molecule has 2 aromatic carbocycles. The molecular weight excluding hydrogens is 529 g/mol. The van der Waals surface area contributed by atoms with E-state index in [0.717, 1.165) is 62.0 Å². The van der Waals surface area contributed by atoms with Gasteiger partial charge in [-0.25, -0.2) is 0 Å². The fraction of sp³-hybridized carbons (Fsp3) is 0.400. The van der Waals surface area contributed by atoms with E-state index in [9.17, 15) is 0 Å². The predicted molar refractivity (Wildman–Crippen MR) is 147 cm³/mol. The third kappa shape index (κ3) is 6.25. The second-order valence-electron chi connectivity index (χ2n) is 8.09. The largest absolute Gasteiger partial charge is 0.497 e. The zero-order chi connectivity index (χ0) is 22.3. The molecule has 1 aliphatic heterocycles. The lowest BCUT2D eigenvalue weighted by molar-refractivity contribution is 0.393. The lowest BCUT2D eigenvalue weighted by Crippen LogP contribution is -2.49. The Kier molecular flexibility index (Phi) is 9.11. The van der Waals surface area contributed by atoms with Crippen LogP contribution < -0.4 is 25.0 Å². The van der Waals surface area contributed by atoms with Crippen LogP contribution in [0.2, 0.25) is 0 Å². The number of aromatic nitrogens is 1. The molecule has 2 heterocycles. The number of aliphatic imine (C=N–C) groups is 1. The van der Waals surface area contributed by atoms with Crippen molar-refractivity contribution in [2.45, 2.75) is 25.3 Å². The molecule has 1 fully saturated rings. The van der Waals surface area contributed by atoms with Crippen molar-refractivity contribution in [1.82, 2.24) is 15.6 Å². The minimum Gasteiger partial charge on any atom is -0.497 e. The molecule has 8 heteroatoms. The number of piperidine rings is 1. The number of anilines is 1. The van der Waals surface area contributed by atoms with E-state index in [1.807, 2.05) is 13.1 Å². The van der Waals surface area contributed by atoms with Crippen molar-refractivity contribution >= 4 is 46.5 Å². The molecule has 1 aliphatic rings. The van der Waals surface area contributed by atoms with Crippen LogP contribution in [0.15, 0.2) is 53.7 Å². The highest BCUT2D eigenvalue weighted by molar-refractivity contribution is 14.0. The molecule has 7 nitrogen and oxygen atoms in total. The van der Waals surface area contributed by atoms with Crippen molar-refractivity contribution in [2.75, 3.05) is 45.8 Å². The third-order valence-electron chi connectivity index (χ3n) is 6.12. The number of halogens is 1. The van der Waals surface area contributed by atoms with Crippen LogP contribution >= 0.6 is 24.0 Å². The van der Waals surface area contributed by atoms with Gasteiger partial charge in [0.2, 0.25) is 0 Å². The summed E-state index contributed by atoms with van der Waals surface area (Å²) >= 11 is 0. The molecule has 0 saturated carbocycles. The lowest BCUT2D eigenvalue weighted by Gasteiger charge is -2.34. The SMILES string of the molecule is CN=C(NCCc1c[nH]c2ccccc12)NC1CCN(c2cc(OC)cc(OC)c2)CC1.I. The summed E-state index contributed by atoms with van der Waals surface area (Å²) in [6.07, 6.45) is 5.14. The Hall–Kier alpha value is -2.62. The van der Waals surface area contributed by atoms with Gasteiger partial charge in [0.1, 0.15) is 11.5 Å². The average molecular weight is 563 g/mol. The van der Waals surface area contributed by atoms with Crippen LogP contribution in [0.1, 0.15) is 18.4 Å². The maximum absolute atomic E-state index is 5.42. The summed E-state index contributed by atoms with van der Waals surface area (Å²) in [6.45, 7) is 2.78. The molecule has 4 rings (SSSR count). The molecule has 0 bridgehead atoms. The quantitative estimate of drug-likeness (QED) is 0.229. The highest BCUT2D eigenvalue weighted by atomic mass is 127. The first-order chi connectivity index (χ1) is 15.7. The average Bonchev–Trinajstić information content (AvgIpc) is 3.26. The first-order valence-electron chi connectivity index (χ1n) is 11.2. The van der Waals surface area contributed by atoms with E-state index in [4.69, 9.17) is 9.47 Å². The highest BCUT2D eigenvalue weighted by Gasteiger charge is 2.21. The van der Waals surface area contributed by atoms with Gasteiger partial charge in [0, 0.05) is 73.7 Å². The number of guanidine groups is 1. The van der Waals surface area contributed by atoms with Gasteiger partial charge in [-0.1, -0.05) is 18.2 Å². The van der Waals surface area contributed by atoms with Gasteiger partial charge in [-0.05, 0) is 30.9 Å². The van der Waals surface area contributed by atoms with Crippen molar-refractivity contribution in [3.63, 3.8) is 0 Å².